The van der Waals surface area contributed by atoms with Crippen molar-refractivity contribution in [3.05, 3.63) is 115 Å². The third-order valence-corrected chi connectivity index (χ3v) is 5.55. The molecule has 37 heavy (non-hydrogen) atoms. The highest BCUT2D eigenvalue weighted by Crippen LogP contribution is 2.25. The standard InChI is InChI=1S/C31H32N2O4/c34-31(33-28-18-8-10-20-30(28)36-21-11-14-25-12-3-1-4-13-25)24-32-27-17-7-9-19-29(27)37-23-22-35-26-15-5-2-6-16-26/h1-10,12-13,15-20,32H,11,14,21-24H2,(H,33,34). The van der Waals surface area contributed by atoms with Gasteiger partial charge >= 0.3 is 0 Å². The lowest BCUT2D eigenvalue weighted by Crippen LogP contribution is -2.22. The summed E-state index contributed by atoms with van der Waals surface area (Å²) in [5.74, 6) is 1.94. The average molecular weight is 497 g/mol. The van der Waals surface area contributed by atoms with E-state index < -0.39 is 0 Å². The molecule has 1 amide bonds. The van der Waals surface area contributed by atoms with Gasteiger partial charge in [-0.25, -0.2) is 0 Å². The molecular formula is C31H32N2O4. The maximum Gasteiger partial charge on any atom is 0.243 e. The van der Waals surface area contributed by atoms with E-state index in [4.69, 9.17) is 14.2 Å². The van der Waals surface area contributed by atoms with Gasteiger partial charge in [-0.2, -0.15) is 0 Å². The third kappa shape index (κ3) is 8.61. The molecule has 6 heteroatoms. The highest BCUT2D eigenvalue weighted by atomic mass is 16.5. The topological polar surface area (TPSA) is 68.8 Å². The summed E-state index contributed by atoms with van der Waals surface area (Å²) < 4.78 is 17.5. The maximum absolute atomic E-state index is 12.7. The van der Waals surface area contributed by atoms with Crippen LogP contribution in [0.1, 0.15) is 12.0 Å². The first kappa shape index (κ1) is 25.6. The minimum Gasteiger partial charge on any atom is -0.491 e. The van der Waals surface area contributed by atoms with Crippen molar-refractivity contribution in [3.63, 3.8) is 0 Å². The Morgan fingerprint density at radius 2 is 1.16 bits per heavy atom. The van der Waals surface area contributed by atoms with Gasteiger partial charge in [-0.3, -0.25) is 4.79 Å². The molecule has 0 bridgehead atoms. The summed E-state index contributed by atoms with van der Waals surface area (Å²) in [6, 6.07) is 34.9. The van der Waals surface area contributed by atoms with Crippen LogP contribution in [0.25, 0.3) is 0 Å². The van der Waals surface area contributed by atoms with Crippen LogP contribution in [0.3, 0.4) is 0 Å². The van der Waals surface area contributed by atoms with Gasteiger partial charge in [-0.05, 0) is 54.8 Å². The molecule has 2 N–H and O–H groups in total. The number of hydrogen-bond donors (Lipinski definition) is 2. The summed E-state index contributed by atoms with van der Waals surface area (Å²) in [5, 5.41) is 6.11. The zero-order chi connectivity index (χ0) is 25.5. The largest absolute Gasteiger partial charge is 0.491 e. The van der Waals surface area contributed by atoms with Crippen molar-refractivity contribution < 1.29 is 19.0 Å². The average Bonchev–Trinajstić information content (AvgIpc) is 2.95. The van der Waals surface area contributed by atoms with Gasteiger partial charge in [0.05, 0.1) is 24.5 Å². The number of ether oxygens (including phenoxy) is 3. The van der Waals surface area contributed by atoms with Gasteiger partial charge in [0.25, 0.3) is 0 Å². The molecule has 0 aromatic heterocycles. The molecule has 4 rings (SSSR count). The van der Waals surface area contributed by atoms with Crippen molar-refractivity contribution in [3.8, 4) is 17.2 Å². The first-order valence-corrected chi connectivity index (χ1v) is 12.5. The Morgan fingerprint density at radius 1 is 0.595 bits per heavy atom. The first-order valence-electron chi connectivity index (χ1n) is 12.5. The zero-order valence-electron chi connectivity index (χ0n) is 20.8. The van der Waals surface area contributed by atoms with Crippen LogP contribution in [0.4, 0.5) is 11.4 Å². The van der Waals surface area contributed by atoms with Crippen LogP contribution < -0.4 is 24.8 Å². The molecule has 0 atom stereocenters. The van der Waals surface area contributed by atoms with Crippen LogP contribution in [0.5, 0.6) is 17.2 Å². The van der Waals surface area contributed by atoms with Crippen LogP contribution in [0, 0.1) is 0 Å². The van der Waals surface area contributed by atoms with Crippen molar-refractivity contribution in [2.24, 2.45) is 0 Å². The molecule has 4 aromatic rings. The van der Waals surface area contributed by atoms with Gasteiger partial charge in [0.15, 0.2) is 0 Å². The van der Waals surface area contributed by atoms with E-state index in [1.54, 1.807) is 0 Å². The SMILES string of the molecule is O=C(CNc1ccccc1OCCOc1ccccc1)Nc1ccccc1OCCCc1ccccc1. The summed E-state index contributed by atoms with van der Waals surface area (Å²) in [6.45, 7) is 1.46. The lowest BCUT2D eigenvalue weighted by Gasteiger charge is -2.15. The van der Waals surface area contributed by atoms with Crippen LogP contribution in [-0.2, 0) is 11.2 Å². The van der Waals surface area contributed by atoms with E-state index in [0.29, 0.717) is 37.0 Å². The smallest absolute Gasteiger partial charge is 0.243 e. The Labute approximate surface area is 218 Å². The van der Waals surface area contributed by atoms with Gasteiger partial charge in [0, 0.05) is 0 Å². The molecule has 0 radical (unpaired) electrons. The minimum atomic E-state index is -0.178. The van der Waals surface area contributed by atoms with E-state index in [1.807, 2.05) is 97.1 Å². The van der Waals surface area contributed by atoms with E-state index in [-0.39, 0.29) is 12.5 Å². The number of carbonyl (C=O) groups excluding carboxylic acids is 1. The monoisotopic (exact) mass is 496 g/mol. The molecule has 4 aromatic carbocycles. The molecule has 0 saturated carbocycles. The van der Waals surface area contributed by atoms with Gasteiger partial charge < -0.3 is 24.8 Å². The highest BCUT2D eigenvalue weighted by molar-refractivity contribution is 5.95. The summed E-state index contributed by atoms with van der Waals surface area (Å²) in [6.07, 6.45) is 1.83. The third-order valence-electron chi connectivity index (χ3n) is 5.55. The highest BCUT2D eigenvalue weighted by Gasteiger charge is 2.10. The number of hydrogen-bond acceptors (Lipinski definition) is 5. The second kappa shape index (κ2) is 14.2. The number of anilines is 2. The van der Waals surface area contributed by atoms with Crippen molar-refractivity contribution >= 4 is 17.3 Å². The number of aryl methyl sites for hydroxylation is 1. The Morgan fingerprint density at radius 3 is 1.92 bits per heavy atom. The first-order chi connectivity index (χ1) is 18.3. The summed E-state index contributed by atoms with van der Waals surface area (Å²) in [4.78, 5) is 12.7. The van der Waals surface area contributed by atoms with Crippen LogP contribution in [-0.4, -0.2) is 32.3 Å². The molecule has 0 spiro atoms. The van der Waals surface area contributed by atoms with Crippen LogP contribution in [0.2, 0.25) is 0 Å². The normalized spacial score (nSPS) is 10.4. The Bertz CT molecular complexity index is 1230. The maximum atomic E-state index is 12.7. The molecule has 0 fully saturated rings. The van der Waals surface area contributed by atoms with Gasteiger partial charge in [-0.15, -0.1) is 0 Å². The zero-order valence-corrected chi connectivity index (χ0v) is 20.8. The second-order valence-corrected chi connectivity index (χ2v) is 8.34. The number of carbonyl (C=O) groups is 1. The van der Waals surface area contributed by atoms with E-state index in [1.165, 1.54) is 5.56 Å². The van der Waals surface area contributed by atoms with Crippen molar-refractivity contribution in [2.75, 3.05) is 37.0 Å². The molecule has 6 nitrogen and oxygen atoms in total. The van der Waals surface area contributed by atoms with E-state index in [0.717, 1.165) is 24.3 Å². The van der Waals surface area contributed by atoms with Crippen LogP contribution in [0.15, 0.2) is 109 Å². The van der Waals surface area contributed by atoms with E-state index in [2.05, 4.69) is 22.8 Å². The van der Waals surface area contributed by atoms with Gasteiger partial charge in [0.2, 0.25) is 5.91 Å². The molecule has 190 valence electrons. The van der Waals surface area contributed by atoms with E-state index in [9.17, 15) is 4.79 Å². The number of benzene rings is 4. The quantitative estimate of drug-likeness (QED) is 0.203. The number of rotatable bonds is 14. The fraction of sp³-hybridized carbons (Fsp3) is 0.194. The number of para-hydroxylation sites is 5. The Balaban J connectivity index is 1.22. The minimum absolute atomic E-state index is 0.0865. The van der Waals surface area contributed by atoms with E-state index >= 15 is 0 Å². The fourth-order valence-electron chi connectivity index (χ4n) is 3.74. The summed E-state index contributed by atoms with van der Waals surface area (Å²) >= 11 is 0. The molecule has 0 aliphatic carbocycles. The lowest BCUT2D eigenvalue weighted by molar-refractivity contribution is -0.114. The molecule has 0 aliphatic heterocycles. The predicted octanol–water partition coefficient (Wildman–Crippen LogP) is 6.21. The number of nitrogens with one attached hydrogen (secondary N) is 2. The summed E-state index contributed by atoms with van der Waals surface area (Å²) in [7, 11) is 0. The fourth-order valence-corrected chi connectivity index (χ4v) is 3.74. The van der Waals surface area contributed by atoms with Gasteiger partial charge in [0.1, 0.15) is 30.5 Å². The predicted molar refractivity (Wildman–Crippen MR) is 148 cm³/mol. The molecular weight excluding hydrogens is 464 g/mol. The number of amides is 1. The molecule has 0 aliphatic rings. The van der Waals surface area contributed by atoms with Crippen molar-refractivity contribution in [1.82, 2.24) is 0 Å². The van der Waals surface area contributed by atoms with Crippen molar-refractivity contribution in [2.45, 2.75) is 12.8 Å². The molecule has 0 heterocycles. The molecule has 0 unspecified atom stereocenters. The van der Waals surface area contributed by atoms with Crippen LogP contribution >= 0.6 is 0 Å². The Kier molecular flexibility index (Phi) is 9.83. The van der Waals surface area contributed by atoms with Gasteiger partial charge in [-0.1, -0.05) is 72.8 Å². The second-order valence-electron chi connectivity index (χ2n) is 8.34. The van der Waals surface area contributed by atoms with Crippen molar-refractivity contribution in [1.29, 1.82) is 0 Å². The summed E-state index contributed by atoms with van der Waals surface area (Å²) in [5.41, 5.74) is 2.67. The lowest BCUT2D eigenvalue weighted by atomic mass is 10.1. The molecule has 0 saturated heterocycles. The Hall–Kier alpha value is -4.45.